The fourth-order valence-corrected chi connectivity index (χ4v) is 1.40. The van der Waals surface area contributed by atoms with Gasteiger partial charge in [0.1, 0.15) is 0 Å². The smallest absolute Gasteiger partial charge is 0.315 e. The van der Waals surface area contributed by atoms with Crippen LogP contribution in [0.4, 0.5) is 5.69 Å². The van der Waals surface area contributed by atoms with E-state index in [4.69, 9.17) is 9.47 Å². The van der Waals surface area contributed by atoms with Crippen molar-refractivity contribution in [3.63, 3.8) is 0 Å². The monoisotopic (exact) mass is 213 g/mol. The zero-order valence-electron chi connectivity index (χ0n) is 8.60. The van der Waals surface area contributed by atoms with Crippen molar-refractivity contribution in [1.82, 2.24) is 0 Å². The first-order valence-electron chi connectivity index (χ1n) is 4.11. The molecule has 0 spiro atoms. The molecule has 0 heterocycles. The molecule has 0 bridgehead atoms. The SMILES string of the molecule is COc1c(O)cc([N+](=O)[O-])c(OC)c1C. The van der Waals surface area contributed by atoms with E-state index in [9.17, 15) is 15.2 Å². The minimum atomic E-state index is -0.620. The summed E-state index contributed by atoms with van der Waals surface area (Å²) in [6.07, 6.45) is 0. The number of nitro benzene ring substituents is 1. The molecule has 15 heavy (non-hydrogen) atoms. The van der Waals surface area contributed by atoms with Crippen molar-refractivity contribution in [3.05, 3.63) is 21.7 Å². The van der Waals surface area contributed by atoms with Crippen LogP contribution in [0.5, 0.6) is 17.2 Å². The minimum Gasteiger partial charge on any atom is -0.504 e. The molecule has 0 unspecified atom stereocenters. The summed E-state index contributed by atoms with van der Waals surface area (Å²) in [5.41, 5.74) is 0.111. The summed E-state index contributed by atoms with van der Waals surface area (Å²) in [7, 11) is 2.69. The molecular weight excluding hydrogens is 202 g/mol. The lowest BCUT2D eigenvalue weighted by atomic mass is 10.1. The van der Waals surface area contributed by atoms with Crippen molar-refractivity contribution in [2.45, 2.75) is 6.92 Å². The lowest BCUT2D eigenvalue weighted by Crippen LogP contribution is -1.98. The number of rotatable bonds is 3. The molecule has 1 rings (SSSR count). The quantitative estimate of drug-likeness (QED) is 0.609. The Labute approximate surface area is 86.2 Å². The second-order valence-electron chi connectivity index (χ2n) is 2.86. The van der Waals surface area contributed by atoms with Gasteiger partial charge in [0.05, 0.1) is 25.2 Å². The first-order valence-corrected chi connectivity index (χ1v) is 4.11. The molecule has 0 aliphatic carbocycles. The Balaban J connectivity index is 3.51. The Kier molecular flexibility index (Phi) is 2.99. The zero-order valence-corrected chi connectivity index (χ0v) is 8.60. The van der Waals surface area contributed by atoms with Crippen LogP contribution in [0.15, 0.2) is 6.07 Å². The molecule has 0 aliphatic rings. The van der Waals surface area contributed by atoms with Crippen LogP contribution in [0.3, 0.4) is 0 Å². The molecule has 0 saturated carbocycles. The van der Waals surface area contributed by atoms with E-state index >= 15 is 0 Å². The van der Waals surface area contributed by atoms with E-state index in [1.807, 2.05) is 0 Å². The molecule has 0 aliphatic heterocycles. The number of nitro groups is 1. The molecule has 0 atom stereocenters. The topological polar surface area (TPSA) is 81.8 Å². The highest BCUT2D eigenvalue weighted by molar-refractivity contribution is 5.63. The lowest BCUT2D eigenvalue weighted by Gasteiger charge is -2.11. The minimum absolute atomic E-state index is 0.0923. The van der Waals surface area contributed by atoms with Crippen LogP contribution in [0.1, 0.15) is 5.56 Å². The molecule has 1 aromatic carbocycles. The van der Waals surface area contributed by atoms with E-state index < -0.39 is 4.92 Å². The summed E-state index contributed by atoms with van der Waals surface area (Å²) in [6, 6.07) is 1.00. The van der Waals surface area contributed by atoms with Crippen LogP contribution in [0, 0.1) is 17.0 Å². The fourth-order valence-electron chi connectivity index (χ4n) is 1.40. The van der Waals surface area contributed by atoms with Gasteiger partial charge in [-0.3, -0.25) is 10.1 Å². The van der Waals surface area contributed by atoms with Crippen molar-refractivity contribution in [2.24, 2.45) is 0 Å². The molecule has 82 valence electrons. The highest BCUT2D eigenvalue weighted by atomic mass is 16.6. The third kappa shape index (κ3) is 1.78. The summed E-state index contributed by atoms with van der Waals surface area (Å²) >= 11 is 0. The molecule has 0 amide bonds. The predicted octanol–water partition coefficient (Wildman–Crippen LogP) is 1.63. The van der Waals surface area contributed by atoms with Crippen molar-refractivity contribution < 1.29 is 19.5 Å². The van der Waals surface area contributed by atoms with E-state index in [1.54, 1.807) is 6.92 Å². The summed E-state index contributed by atoms with van der Waals surface area (Å²) in [5.74, 6) is -0.00500. The van der Waals surface area contributed by atoms with E-state index in [0.717, 1.165) is 6.07 Å². The van der Waals surface area contributed by atoms with Gasteiger partial charge >= 0.3 is 5.69 Å². The highest BCUT2D eigenvalue weighted by Crippen LogP contribution is 2.42. The second kappa shape index (κ2) is 4.04. The Morgan fingerprint density at radius 2 is 1.87 bits per heavy atom. The number of hydrogen-bond donors (Lipinski definition) is 1. The van der Waals surface area contributed by atoms with Gasteiger partial charge in [-0.05, 0) is 6.92 Å². The van der Waals surface area contributed by atoms with Crippen LogP contribution in [0.2, 0.25) is 0 Å². The normalized spacial score (nSPS) is 9.80. The number of benzene rings is 1. The molecule has 1 N–H and O–H groups in total. The number of aromatic hydroxyl groups is 1. The average Bonchev–Trinajstić information content (AvgIpc) is 2.17. The average molecular weight is 213 g/mol. The van der Waals surface area contributed by atoms with Gasteiger partial charge in [0.2, 0.25) is 5.75 Å². The summed E-state index contributed by atoms with van der Waals surface area (Å²) < 4.78 is 9.80. The van der Waals surface area contributed by atoms with E-state index in [0.29, 0.717) is 5.56 Å². The molecule has 0 radical (unpaired) electrons. The van der Waals surface area contributed by atoms with Crippen molar-refractivity contribution in [1.29, 1.82) is 0 Å². The molecule has 6 heteroatoms. The van der Waals surface area contributed by atoms with Crippen LogP contribution in [0.25, 0.3) is 0 Å². The largest absolute Gasteiger partial charge is 0.504 e. The van der Waals surface area contributed by atoms with Crippen molar-refractivity contribution >= 4 is 5.69 Å². The van der Waals surface area contributed by atoms with Gasteiger partial charge in [-0.25, -0.2) is 0 Å². The third-order valence-electron chi connectivity index (χ3n) is 2.02. The molecule has 0 aromatic heterocycles. The first kappa shape index (κ1) is 11.1. The Bertz CT molecular complexity index is 402. The van der Waals surface area contributed by atoms with E-state index in [2.05, 4.69) is 0 Å². The Morgan fingerprint density at radius 3 is 2.27 bits per heavy atom. The number of hydrogen-bond acceptors (Lipinski definition) is 5. The van der Waals surface area contributed by atoms with Crippen LogP contribution >= 0.6 is 0 Å². The van der Waals surface area contributed by atoms with Gasteiger partial charge in [0, 0.05) is 5.56 Å². The fraction of sp³-hybridized carbons (Fsp3) is 0.333. The molecule has 6 nitrogen and oxygen atoms in total. The van der Waals surface area contributed by atoms with E-state index in [-0.39, 0.29) is 22.9 Å². The molecule has 0 saturated heterocycles. The van der Waals surface area contributed by atoms with Gasteiger partial charge in [-0.15, -0.1) is 0 Å². The molecule has 0 fully saturated rings. The van der Waals surface area contributed by atoms with E-state index in [1.165, 1.54) is 14.2 Å². The van der Waals surface area contributed by atoms with Crippen LogP contribution in [-0.2, 0) is 0 Å². The van der Waals surface area contributed by atoms with Gasteiger partial charge in [0.25, 0.3) is 0 Å². The van der Waals surface area contributed by atoms with Crippen LogP contribution in [-0.4, -0.2) is 24.2 Å². The summed E-state index contributed by atoms with van der Waals surface area (Å²) in [6.45, 7) is 1.57. The maximum Gasteiger partial charge on any atom is 0.315 e. The summed E-state index contributed by atoms with van der Waals surface area (Å²) in [4.78, 5) is 10.0. The van der Waals surface area contributed by atoms with Gasteiger partial charge in [-0.2, -0.15) is 0 Å². The number of methoxy groups -OCH3 is 2. The Hall–Kier alpha value is -1.98. The lowest BCUT2D eigenvalue weighted by molar-refractivity contribution is -0.385. The number of ether oxygens (including phenoxy) is 2. The maximum absolute atomic E-state index is 10.7. The second-order valence-corrected chi connectivity index (χ2v) is 2.86. The molecule has 1 aromatic rings. The predicted molar refractivity (Wildman–Crippen MR) is 52.6 cm³/mol. The number of phenolic OH excluding ortho intramolecular Hbond substituents is 1. The number of phenols is 1. The van der Waals surface area contributed by atoms with Crippen LogP contribution < -0.4 is 9.47 Å². The maximum atomic E-state index is 10.7. The van der Waals surface area contributed by atoms with Gasteiger partial charge in [0.15, 0.2) is 11.5 Å². The highest BCUT2D eigenvalue weighted by Gasteiger charge is 2.23. The summed E-state index contributed by atoms with van der Waals surface area (Å²) in [5, 5.41) is 20.1. The van der Waals surface area contributed by atoms with Crippen molar-refractivity contribution in [3.8, 4) is 17.2 Å². The van der Waals surface area contributed by atoms with Gasteiger partial charge < -0.3 is 14.6 Å². The van der Waals surface area contributed by atoms with Gasteiger partial charge in [-0.1, -0.05) is 0 Å². The number of nitrogens with zero attached hydrogens (tertiary/aromatic N) is 1. The third-order valence-corrected chi connectivity index (χ3v) is 2.02. The zero-order chi connectivity index (χ0) is 11.6. The first-order chi connectivity index (χ1) is 7.02. The molecular formula is C9H11NO5. The Morgan fingerprint density at radius 1 is 1.33 bits per heavy atom. The standard InChI is InChI=1S/C9H11NO5/c1-5-8(14-2)6(10(12)13)4-7(11)9(5)15-3/h4,11H,1-3H3. The van der Waals surface area contributed by atoms with Crippen molar-refractivity contribution in [2.75, 3.05) is 14.2 Å².